The summed E-state index contributed by atoms with van der Waals surface area (Å²) in [4.78, 5) is 15.2. The van der Waals surface area contributed by atoms with E-state index in [1.165, 1.54) is 38.6 Å². The van der Waals surface area contributed by atoms with Crippen LogP contribution in [0.25, 0.3) is 67.2 Å². The van der Waals surface area contributed by atoms with Crippen LogP contribution in [0.5, 0.6) is 11.5 Å². The molecular formula is C50H31N3O. The van der Waals surface area contributed by atoms with Gasteiger partial charge in [-0.2, -0.15) is 0 Å². The summed E-state index contributed by atoms with van der Waals surface area (Å²) in [5, 5.41) is 2.45. The van der Waals surface area contributed by atoms with E-state index in [0.29, 0.717) is 17.5 Å². The molecule has 4 heteroatoms. The maximum Gasteiger partial charge on any atom is 0.164 e. The van der Waals surface area contributed by atoms with E-state index in [0.717, 1.165) is 44.9 Å². The second-order valence-corrected chi connectivity index (χ2v) is 14.0. The van der Waals surface area contributed by atoms with Gasteiger partial charge in [0, 0.05) is 27.8 Å². The van der Waals surface area contributed by atoms with E-state index >= 15 is 0 Å². The summed E-state index contributed by atoms with van der Waals surface area (Å²) < 4.78 is 6.80. The van der Waals surface area contributed by atoms with E-state index in [2.05, 4.69) is 152 Å². The molecule has 0 radical (unpaired) electrons. The van der Waals surface area contributed by atoms with Crippen molar-refractivity contribution in [2.45, 2.75) is 5.41 Å². The van der Waals surface area contributed by atoms with Crippen LogP contribution in [0.1, 0.15) is 22.3 Å². The summed E-state index contributed by atoms with van der Waals surface area (Å²) in [6, 6.07) is 66.1. The minimum Gasteiger partial charge on any atom is -0.457 e. The number of rotatable bonds is 4. The molecule has 1 aliphatic carbocycles. The molecule has 0 saturated carbocycles. The molecule has 11 rings (SSSR count). The van der Waals surface area contributed by atoms with Gasteiger partial charge in [0.2, 0.25) is 0 Å². The fourth-order valence-electron chi connectivity index (χ4n) is 8.53. The van der Waals surface area contributed by atoms with Crippen molar-refractivity contribution in [3.63, 3.8) is 0 Å². The molecule has 252 valence electrons. The van der Waals surface area contributed by atoms with Gasteiger partial charge in [0.05, 0.1) is 5.41 Å². The zero-order valence-electron chi connectivity index (χ0n) is 29.1. The van der Waals surface area contributed by atoms with Crippen molar-refractivity contribution in [3.8, 4) is 67.9 Å². The van der Waals surface area contributed by atoms with Gasteiger partial charge in [-0.05, 0) is 62.4 Å². The summed E-state index contributed by atoms with van der Waals surface area (Å²) in [5.74, 6) is 3.46. The molecule has 0 fully saturated rings. The lowest BCUT2D eigenvalue weighted by atomic mass is 9.66. The molecule has 8 aromatic carbocycles. The molecule has 4 nitrogen and oxygen atoms in total. The summed E-state index contributed by atoms with van der Waals surface area (Å²) in [6.07, 6.45) is 0. The minimum absolute atomic E-state index is 0.526. The van der Waals surface area contributed by atoms with Gasteiger partial charge in [-0.1, -0.05) is 170 Å². The van der Waals surface area contributed by atoms with E-state index in [9.17, 15) is 0 Å². The standard InChI is InChI=1S/C50H31N3O/c1-2-13-34(14-3-1)47-51-48(35-25-22-33(23-26-35)37-27-24-32-12-4-5-15-36(32)30-37)53-49(52-47)38-28-29-44-46(31-38)54-45-21-11-10-20-43(45)50(44)41-18-8-6-16-39(41)40-17-7-9-19-42(40)50/h1-31H. The zero-order valence-corrected chi connectivity index (χ0v) is 29.1. The van der Waals surface area contributed by atoms with Crippen LogP contribution >= 0.6 is 0 Å². The first-order chi connectivity index (χ1) is 26.7. The zero-order chi connectivity index (χ0) is 35.6. The molecule has 54 heavy (non-hydrogen) atoms. The van der Waals surface area contributed by atoms with Crippen molar-refractivity contribution in [3.05, 3.63) is 210 Å². The topological polar surface area (TPSA) is 47.9 Å². The van der Waals surface area contributed by atoms with Crippen LogP contribution in [0, 0.1) is 0 Å². The third-order valence-electron chi connectivity index (χ3n) is 11.0. The van der Waals surface area contributed by atoms with Gasteiger partial charge in [0.15, 0.2) is 17.5 Å². The largest absolute Gasteiger partial charge is 0.457 e. The molecule has 1 aliphatic heterocycles. The Morgan fingerprint density at radius 3 is 1.54 bits per heavy atom. The summed E-state index contributed by atoms with van der Waals surface area (Å²) in [5.41, 5.74) is 11.8. The van der Waals surface area contributed by atoms with E-state index in [4.69, 9.17) is 19.7 Å². The average molecular weight is 690 g/mol. The number of ether oxygens (including phenoxy) is 1. The number of para-hydroxylation sites is 1. The van der Waals surface area contributed by atoms with E-state index < -0.39 is 5.41 Å². The van der Waals surface area contributed by atoms with Crippen molar-refractivity contribution >= 4 is 10.8 Å². The highest BCUT2D eigenvalue weighted by Gasteiger charge is 2.50. The summed E-state index contributed by atoms with van der Waals surface area (Å²) in [6.45, 7) is 0. The van der Waals surface area contributed by atoms with Crippen molar-refractivity contribution in [2.24, 2.45) is 0 Å². The van der Waals surface area contributed by atoms with Crippen LogP contribution in [0.4, 0.5) is 0 Å². The Morgan fingerprint density at radius 2 is 0.815 bits per heavy atom. The van der Waals surface area contributed by atoms with Gasteiger partial charge >= 0.3 is 0 Å². The summed E-state index contributed by atoms with van der Waals surface area (Å²) >= 11 is 0. The molecule has 2 heterocycles. The van der Waals surface area contributed by atoms with Crippen molar-refractivity contribution < 1.29 is 4.74 Å². The Kier molecular flexibility index (Phi) is 6.73. The van der Waals surface area contributed by atoms with Gasteiger partial charge in [0.1, 0.15) is 11.5 Å². The number of nitrogens with zero attached hydrogens (tertiary/aromatic N) is 3. The fraction of sp³-hybridized carbons (Fsp3) is 0.0200. The minimum atomic E-state index is -0.526. The smallest absolute Gasteiger partial charge is 0.164 e. The van der Waals surface area contributed by atoms with Gasteiger partial charge in [0.25, 0.3) is 0 Å². The molecule has 0 saturated heterocycles. The lowest BCUT2D eigenvalue weighted by molar-refractivity contribution is 0.436. The second kappa shape index (κ2) is 11.9. The van der Waals surface area contributed by atoms with Crippen LogP contribution < -0.4 is 4.74 Å². The molecular weight excluding hydrogens is 659 g/mol. The molecule has 2 aliphatic rings. The van der Waals surface area contributed by atoms with E-state index in [1.807, 2.05) is 36.4 Å². The Balaban J connectivity index is 1.06. The number of aromatic nitrogens is 3. The second-order valence-electron chi connectivity index (χ2n) is 14.0. The van der Waals surface area contributed by atoms with Crippen molar-refractivity contribution in [1.82, 2.24) is 15.0 Å². The molecule has 0 bridgehead atoms. The average Bonchev–Trinajstić information content (AvgIpc) is 3.54. The first kappa shape index (κ1) is 30.5. The molecule has 1 aromatic heterocycles. The van der Waals surface area contributed by atoms with Crippen LogP contribution in [0.2, 0.25) is 0 Å². The predicted molar refractivity (Wildman–Crippen MR) is 216 cm³/mol. The van der Waals surface area contributed by atoms with E-state index in [-0.39, 0.29) is 0 Å². The Hall–Kier alpha value is -7.17. The first-order valence-electron chi connectivity index (χ1n) is 18.3. The number of hydrogen-bond acceptors (Lipinski definition) is 4. The van der Waals surface area contributed by atoms with Crippen LogP contribution in [0.3, 0.4) is 0 Å². The van der Waals surface area contributed by atoms with Crippen LogP contribution in [-0.4, -0.2) is 15.0 Å². The fourth-order valence-corrected chi connectivity index (χ4v) is 8.53. The van der Waals surface area contributed by atoms with Crippen LogP contribution in [0.15, 0.2) is 188 Å². The highest BCUT2D eigenvalue weighted by atomic mass is 16.5. The Labute approximate surface area is 313 Å². The lowest BCUT2D eigenvalue weighted by Gasteiger charge is -2.39. The molecule has 9 aromatic rings. The number of hydrogen-bond donors (Lipinski definition) is 0. The number of fused-ring (bicyclic) bond motifs is 10. The van der Waals surface area contributed by atoms with Gasteiger partial charge in [-0.15, -0.1) is 0 Å². The molecule has 0 atom stereocenters. The molecule has 0 amide bonds. The van der Waals surface area contributed by atoms with Crippen molar-refractivity contribution in [2.75, 3.05) is 0 Å². The quantitative estimate of drug-likeness (QED) is 0.185. The normalized spacial score (nSPS) is 13.1. The maximum absolute atomic E-state index is 6.80. The first-order valence-corrected chi connectivity index (χ1v) is 18.3. The highest BCUT2D eigenvalue weighted by Crippen LogP contribution is 2.62. The van der Waals surface area contributed by atoms with Gasteiger partial charge < -0.3 is 4.74 Å². The van der Waals surface area contributed by atoms with Crippen LogP contribution in [-0.2, 0) is 5.41 Å². The Morgan fingerprint density at radius 1 is 0.315 bits per heavy atom. The third-order valence-corrected chi connectivity index (χ3v) is 11.0. The van der Waals surface area contributed by atoms with Gasteiger partial charge in [-0.25, -0.2) is 15.0 Å². The number of benzene rings is 8. The van der Waals surface area contributed by atoms with Crippen molar-refractivity contribution in [1.29, 1.82) is 0 Å². The highest BCUT2D eigenvalue weighted by molar-refractivity contribution is 5.89. The lowest BCUT2D eigenvalue weighted by Crippen LogP contribution is -2.32. The summed E-state index contributed by atoms with van der Waals surface area (Å²) in [7, 11) is 0. The monoisotopic (exact) mass is 689 g/mol. The predicted octanol–water partition coefficient (Wildman–Crippen LogP) is 12.2. The molecule has 1 spiro atoms. The molecule has 0 unspecified atom stereocenters. The Bertz CT molecular complexity index is 2870. The maximum atomic E-state index is 6.80. The van der Waals surface area contributed by atoms with Gasteiger partial charge in [-0.3, -0.25) is 0 Å². The SMILES string of the molecule is c1ccc(-c2nc(-c3ccc(-c4ccc5ccccc5c4)cc3)nc(-c3ccc4c(c3)Oc3ccccc3C43c4ccccc4-c4ccccc43)n2)cc1. The van der Waals surface area contributed by atoms with E-state index in [1.54, 1.807) is 0 Å². The third kappa shape index (κ3) is 4.60. The molecule has 0 N–H and O–H groups in total.